The van der Waals surface area contributed by atoms with Crippen molar-refractivity contribution in [2.45, 2.75) is 0 Å². The van der Waals surface area contributed by atoms with Crippen LogP contribution in [0.5, 0.6) is 17.2 Å². The second-order valence-electron chi connectivity index (χ2n) is 2.68. The van der Waals surface area contributed by atoms with Gasteiger partial charge in [-0.15, -0.1) is 0 Å². The Balaban J connectivity index is 3.09. The lowest BCUT2D eigenvalue weighted by Gasteiger charge is -2.06. The Labute approximate surface area is 81.7 Å². The molecule has 1 aromatic rings. The molecule has 0 radical (unpaired) electrons. The molecule has 0 fully saturated rings. The van der Waals surface area contributed by atoms with Gasteiger partial charge in [-0.3, -0.25) is 0 Å². The van der Waals surface area contributed by atoms with E-state index in [2.05, 4.69) is 0 Å². The number of ether oxygens (including phenoxy) is 1. The molecule has 0 aliphatic carbocycles. The summed E-state index contributed by atoms with van der Waals surface area (Å²) in [4.78, 5) is 0. The van der Waals surface area contributed by atoms with Crippen molar-refractivity contribution in [2.75, 3.05) is 13.7 Å². The summed E-state index contributed by atoms with van der Waals surface area (Å²) in [6, 6.07) is 2.94. The molecule has 0 aromatic heterocycles. The maximum Gasteiger partial charge on any atom is 0.200 e. The normalized spacial score (nSPS) is 10.7. The summed E-state index contributed by atoms with van der Waals surface area (Å²) in [5.41, 5.74) is 0.645. The van der Waals surface area contributed by atoms with Crippen LogP contribution < -0.4 is 4.74 Å². The summed E-state index contributed by atoms with van der Waals surface area (Å²) in [5.74, 6) is -0.335. The third-order valence-corrected chi connectivity index (χ3v) is 1.71. The van der Waals surface area contributed by atoms with Crippen molar-refractivity contribution in [1.82, 2.24) is 0 Å². The number of rotatable bonds is 3. The van der Waals surface area contributed by atoms with Crippen LogP contribution in [-0.4, -0.2) is 29.0 Å². The van der Waals surface area contributed by atoms with Gasteiger partial charge in [-0.25, -0.2) is 0 Å². The molecule has 0 amide bonds. The van der Waals surface area contributed by atoms with Crippen LogP contribution in [0.1, 0.15) is 5.56 Å². The van der Waals surface area contributed by atoms with Crippen molar-refractivity contribution >= 4 is 6.08 Å². The van der Waals surface area contributed by atoms with Crippen molar-refractivity contribution < 1.29 is 20.1 Å². The van der Waals surface area contributed by atoms with E-state index in [0.717, 1.165) is 0 Å². The molecule has 4 nitrogen and oxygen atoms in total. The van der Waals surface area contributed by atoms with Gasteiger partial charge in [0.25, 0.3) is 0 Å². The molecule has 14 heavy (non-hydrogen) atoms. The Bertz CT molecular complexity index is 344. The maximum absolute atomic E-state index is 9.30. The van der Waals surface area contributed by atoms with Crippen LogP contribution in [0.25, 0.3) is 6.08 Å². The lowest BCUT2D eigenvalue weighted by Crippen LogP contribution is -1.85. The average Bonchev–Trinajstić information content (AvgIpc) is 2.19. The van der Waals surface area contributed by atoms with Crippen molar-refractivity contribution in [3.63, 3.8) is 0 Å². The van der Waals surface area contributed by atoms with Gasteiger partial charge in [0.05, 0.1) is 13.7 Å². The molecule has 0 atom stereocenters. The first kappa shape index (κ1) is 10.4. The van der Waals surface area contributed by atoms with Gasteiger partial charge in [-0.1, -0.05) is 12.2 Å². The van der Waals surface area contributed by atoms with Crippen LogP contribution >= 0.6 is 0 Å². The number of phenolic OH excluding ortho intramolecular Hbond substituents is 2. The fourth-order valence-electron chi connectivity index (χ4n) is 1.05. The minimum Gasteiger partial charge on any atom is -0.504 e. The van der Waals surface area contributed by atoms with E-state index in [1.54, 1.807) is 12.1 Å². The van der Waals surface area contributed by atoms with Crippen molar-refractivity contribution in [3.8, 4) is 17.2 Å². The first-order valence-electron chi connectivity index (χ1n) is 4.06. The molecule has 0 unspecified atom stereocenters. The highest BCUT2D eigenvalue weighted by atomic mass is 16.5. The zero-order chi connectivity index (χ0) is 10.6. The van der Waals surface area contributed by atoms with E-state index in [0.29, 0.717) is 5.56 Å². The van der Waals surface area contributed by atoms with Crippen LogP contribution in [0, 0.1) is 0 Å². The maximum atomic E-state index is 9.30. The molecule has 0 aliphatic rings. The van der Waals surface area contributed by atoms with E-state index < -0.39 is 0 Å². The zero-order valence-corrected chi connectivity index (χ0v) is 7.77. The van der Waals surface area contributed by atoms with Crippen molar-refractivity contribution in [2.24, 2.45) is 0 Å². The van der Waals surface area contributed by atoms with E-state index >= 15 is 0 Å². The number of methoxy groups -OCH3 is 1. The standard InChI is InChI=1S/C10H12O4/c1-14-9-6-7(3-2-4-11)5-8(12)10(9)13/h2-3,5-6,11-13H,4H2,1H3. The molecule has 1 rings (SSSR count). The van der Waals surface area contributed by atoms with Gasteiger partial charge >= 0.3 is 0 Å². The molecule has 0 saturated carbocycles. The topological polar surface area (TPSA) is 69.9 Å². The summed E-state index contributed by atoms with van der Waals surface area (Å²) in [6.07, 6.45) is 3.13. The Hall–Kier alpha value is -1.68. The fraction of sp³-hybridized carbons (Fsp3) is 0.200. The van der Waals surface area contributed by atoms with Crippen molar-refractivity contribution in [1.29, 1.82) is 0 Å². The molecular formula is C10H12O4. The van der Waals surface area contributed by atoms with Gasteiger partial charge in [0.2, 0.25) is 5.75 Å². The smallest absolute Gasteiger partial charge is 0.200 e. The summed E-state index contributed by atoms with van der Waals surface area (Å²) in [7, 11) is 1.40. The highest BCUT2D eigenvalue weighted by Gasteiger charge is 2.07. The fourth-order valence-corrected chi connectivity index (χ4v) is 1.05. The van der Waals surface area contributed by atoms with Gasteiger partial charge in [-0.05, 0) is 17.7 Å². The van der Waals surface area contributed by atoms with Crippen LogP contribution in [0.2, 0.25) is 0 Å². The third kappa shape index (κ3) is 2.17. The van der Waals surface area contributed by atoms with E-state index in [9.17, 15) is 10.2 Å². The van der Waals surface area contributed by atoms with Crippen LogP contribution in [-0.2, 0) is 0 Å². The van der Waals surface area contributed by atoms with E-state index in [-0.39, 0.29) is 23.9 Å². The Morgan fingerprint density at radius 2 is 2.07 bits per heavy atom. The Morgan fingerprint density at radius 1 is 1.36 bits per heavy atom. The summed E-state index contributed by atoms with van der Waals surface area (Å²) >= 11 is 0. The number of hydrogen-bond acceptors (Lipinski definition) is 4. The minimum absolute atomic E-state index is 0.0794. The SMILES string of the molecule is COc1cc(C=CCO)cc(O)c1O. The largest absolute Gasteiger partial charge is 0.504 e. The molecule has 0 aliphatic heterocycles. The van der Waals surface area contributed by atoms with Gasteiger partial charge in [0.15, 0.2) is 11.5 Å². The lowest BCUT2D eigenvalue weighted by atomic mass is 10.1. The number of aliphatic hydroxyl groups is 1. The van der Waals surface area contributed by atoms with Crippen LogP contribution in [0.3, 0.4) is 0 Å². The first-order valence-corrected chi connectivity index (χ1v) is 4.06. The number of hydrogen-bond donors (Lipinski definition) is 3. The second-order valence-corrected chi connectivity index (χ2v) is 2.68. The van der Waals surface area contributed by atoms with E-state index in [1.807, 2.05) is 0 Å². The van der Waals surface area contributed by atoms with E-state index in [1.165, 1.54) is 19.3 Å². The number of phenols is 2. The molecule has 76 valence electrons. The quantitative estimate of drug-likeness (QED) is 0.633. The van der Waals surface area contributed by atoms with Gasteiger partial charge in [0.1, 0.15) is 0 Å². The van der Waals surface area contributed by atoms with E-state index in [4.69, 9.17) is 9.84 Å². The Morgan fingerprint density at radius 3 is 2.64 bits per heavy atom. The van der Waals surface area contributed by atoms with Crippen molar-refractivity contribution in [3.05, 3.63) is 23.8 Å². The lowest BCUT2D eigenvalue weighted by molar-refractivity contribution is 0.343. The Kier molecular flexibility index (Phi) is 3.36. The zero-order valence-electron chi connectivity index (χ0n) is 7.77. The van der Waals surface area contributed by atoms with Crippen LogP contribution in [0.4, 0.5) is 0 Å². The highest BCUT2D eigenvalue weighted by molar-refractivity contribution is 5.60. The highest BCUT2D eigenvalue weighted by Crippen LogP contribution is 2.36. The first-order chi connectivity index (χ1) is 6.69. The average molecular weight is 196 g/mol. The second kappa shape index (κ2) is 4.53. The van der Waals surface area contributed by atoms with Gasteiger partial charge in [0, 0.05) is 0 Å². The summed E-state index contributed by atoms with van der Waals surface area (Å²) in [6.45, 7) is -0.0794. The van der Waals surface area contributed by atoms with Crippen LogP contribution in [0.15, 0.2) is 18.2 Å². The summed E-state index contributed by atoms with van der Waals surface area (Å²) < 4.78 is 4.84. The monoisotopic (exact) mass is 196 g/mol. The molecule has 3 N–H and O–H groups in total. The molecule has 0 spiro atoms. The van der Waals surface area contributed by atoms with Gasteiger partial charge < -0.3 is 20.1 Å². The molecular weight excluding hydrogens is 184 g/mol. The third-order valence-electron chi connectivity index (χ3n) is 1.71. The molecule has 0 heterocycles. The number of aromatic hydroxyl groups is 2. The predicted octanol–water partition coefficient (Wildman–Crippen LogP) is 1.11. The van der Waals surface area contributed by atoms with Gasteiger partial charge in [-0.2, -0.15) is 0 Å². The number of aliphatic hydroxyl groups excluding tert-OH is 1. The molecule has 1 aromatic carbocycles. The minimum atomic E-state index is -0.284. The number of benzene rings is 1. The summed E-state index contributed by atoms with van der Waals surface area (Å²) in [5, 5.41) is 27.1. The molecule has 0 bridgehead atoms. The predicted molar refractivity (Wildman–Crippen MR) is 52.4 cm³/mol. The molecule has 4 heteroatoms. The molecule has 0 saturated heterocycles.